The highest BCUT2D eigenvalue weighted by atomic mass is 16.4. The van der Waals surface area contributed by atoms with E-state index in [-0.39, 0.29) is 6.54 Å². The van der Waals surface area contributed by atoms with Crippen molar-refractivity contribution in [1.29, 1.82) is 0 Å². The maximum Gasteiger partial charge on any atom is 0.317 e. The summed E-state index contributed by atoms with van der Waals surface area (Å²) in [5.41, 5.74) is 2.14. The molecule has 1 aliphatic rings. The first kappa shape index (κ1) is 13.1. The molecule has 1 aromatic heterocycles. The van der Waals surface area contributed by atoms with Gasteiger partial charge < -0.3 is 5.11 Å². The number of carboxylic acids is 1. The van der Waals surface area contributed by atoms with Crippen LogP contribution < -0.4 is 0 Å². The lowest BCUT2D eigenvalue weighted by Crippen LogP contribution is -2.32. The van der Waals surface area contributed by atoms with E-state index < -0.39 is 5.97 Å². The first-order valence-corrected chi connectivity index (χ1v) is 6.53. The van der Waals surface area contributed by atoms with Crippen molar-refractivity contribution in [3.63, 3.8) is 0 Å². The largest absolute Gasteiger partial charge is 0.480 e. The molecule has 0 aliphatic heterocycles. The van der Waals surface area contributed by atoms with Gasteiger partial charge in [0.05, 0.1) is 12.2 Å². The molecule has 0 atom stereocenters. The minimum atomic E-state index is -0.780. The molecule has 5 heteroatoms. The van der Waals surface area contributed by atoms with Gasteiger partial charge in [0.25, 0.3) is 0 Å². The van der Waals surface area contributed by atoms with Crippen LogP contribution >= 0.6 is 0 Å². The average Bonchev–Trinajstić information content (AvgIpc) is 2.98. The van der Waals surface area contributed by atoms with Crippen LogP contribution in [0.15, 0.2) is 6.07 Å². The standard InChI is InChI=1S/C13H21N3O2/c1-9(2)6-16(8-13(17)18)7-11-5-12(15-14-11)10-3-4-10/h5,9-10H,3-4,6-8H2,1-2H3,(H,14,15)(H,17,18). The smallest absolute Gasteiger partial charge is 0.317 e. The Morgan fingerprint density at radius 2 is 2.33 bits per heavy atom. The highest BCUT2D eigenvalue weighted by Gasteiger charge is 2.26. The minimum absolute atomic E-state index is 0.0793. The SMILES string of the molecule is CC(C)CN(CC(=O)O)Cc1cc(C2CC2)n[nH]1. The molecule has 0 unspecified atom stereocenters. The second-order valence-electron chi connectivity index (χ2n) is 5.55. The number of nitrogens with zero attached hydrogens (tertiary/aromatic N) is 2. The molecule has 5 nitrogen and oxygen atoms in total. The third-order valence-corrected chi connectivity index (χ3v) is 3.02. The summed E-state index contributed by atoms with van der Waals surface area (Å²) in [6, 6.07) is 2.08. The summed E-state index contributed by atoms with van der Waals surface area (Å²) >= 11 is 0. The fraction of sp³-hybridized carbons (Fsp3) is 0.692. The quantitative estimate of drug-likeness (QED) is 0.775. The Bertz CT molecular complexity index is 410. The van der Waals surface area contributed by atoms with Crippen molar-refractivity contribution >= 4 is 5.97 Å². The van der Waals surface area contributed by atoms with Crippen LogP contribution in [0.3, 0.4) is 0 Å². The normalized spacial score (nSPS) is 15.6. The fourth-order valence-corrected chi connectivity index (χ4v) is 2.18. The van der Waals surface area contributed by atoms with Crippen molar-refractivity contribution < 1.29 is 9.90 Å². The van der Waals surface area contributed by atoms with Gasteiger partial charge in [0.1, 0.15) is 0 Å². The second kappa shape index (κ2) is 5.52. The number of carbonyl (C=O) groups is 1. The predicted octanol–water partition coefficient (Wildman–Crippen LogP) is 1.83. The van der Waals surface area contributed by atoms with E-state index in [0.29, 0.717) is 18.4 Å². The summed E-state index contributed by atoms with van der Waals surface area (Å²) in [5, 5.41) is 16.2. The van der Waals surface area contributed by atoms with Crippen LogP contribution in [0.25, 0.3) is 0 Å². The number of hydrogen-bond donors (Lipinski definition) is 2. The van der Waals surface area contributed by atoms with Crippen molar-refractivity contribution in [1.82, 2.24) is 15.1 Å². The summed E-state index contributed by atoms with van der Waals surface area (Å²) in [7, 11) is 0. The Morgan fingerprint density at radius 1 is 1.61 bits per heavy atom. The molecule has 1 heterocycles. The van der Waals surface area contributed by atoms with E-state index in [9.17, 15) is 4.79 Å². The van der Waals surface area contributed by atoms with Gasteiger partial charge in [-0.05, 0) is 24.8 Å². The van der Waals surface area contributed by atoms with E-state index in [1.165, 1.54) is 12.8 Å². The van der Waals surface area contributed by atoms with Gasteiger partial charge in [-0.3, -0.25) is 14.8 Å². The third-order valence-electron chi connectivity index (χ3n) is 3.02. The molecule has 18 heavy (non-hydrogen) atoms. The summed E-state index contributed by atoms with van der Waals surface area (Å²) in [6.45, 7) is 5.68. The number of hydrogen-bond acceptors (Lipinski definition) is 3. The van der Waals surface area contributed by atoms with Crippen LogP contribution in [-0.2, 0) is 11.3 Å². The molecule has 2 N–H and O–H groups in total. The predicted molar refractivity (Wildman–Crippen MR) is 68.3 cm³/mol. The van der Waals surface area contributed by atoms with Gasteiger partial charge in [-0.1, -0.05) is 13.8 Å². The second-order valence-corrected chi connectivity index (χ2v) is 5.55. The summed E-state index contributed by atoms with van der Waals surface area (Å²) in [6.07, 6.45) is 2.46. The van der Waals surface area contributed by atoms with Crippen molar-refractivity contribution in [3.8, 4) is 0 Å². The molecule has 1 aliphatic carbocycles. The molecule has 100 valence electrons. The topological polar surface area (TPSA) is 69.2 Å². The number of aromatic nitrogens is 2. The molecule has 0 spiro atoms. The number of H-pyrrole nitrogens is 1. The molecule has 2 rings (SSSR count). The molecule has 1 fully saturated rings. The fourth-order valence-electron chi connectivity index (χ4n) is 2.18. The van der Waals surface area contributed by atoms with Crippen LogP contribution in [0.5, 0.6) is 0 Å². The number of carboxylic acid groups (broad SMARTS) is 1. The van der Waals surface area contributed by atoms with Crippen LogP contribution in [0.4, 0.5) is 0 Å². The minimum Gasteiger partial charge on any atom is -0.480 e. The van der Waals surface area contributed by atoms with Crippen molar-refractivity contribution in [2.75, 3.05) is 13.1 Å². The first-order valence-electron chi connectivity index (χ1n) is 6.53. The third kappa shape index (κ3) is 3.84. The van der Waals surface area contributed by atoms with Crippen LogP contribution in [0.1, 0.15) is 44.0 Å². The Kier molecular flexibility index (Phi) is 4.01. The summed E-state index contributed by atoms with van der Waals surface area (Å²) in [4.78, 5) is 12.8. The van der Waals surface area contributed by atoms with E-state index >= 15 is 0 Å². The van der Waals surface area contributed by atoms with Gasteiger partial charge in [-0.2, -0.15) is 5.10 Å². The number of aromatic amines is 1. The van der Waals surface area contributed by atoms with E-state index in [2.05, 4.69) is 30.1 Å². The number of nitrogens with one attached hydrogen (secondary N) is 1. The van der Waals surface area contributed by atoms with Gasteiger partial charge in [0.2, 0.25) is 0 Å². The molecule has 1 saturated carbocycles. The maximum atomic E-state index is 10.8. The summed E-state index contributed by atoms with van der Waals surface area (Å²) in [5.74, 6) is 0.306. The first-order chi connectivity index (χ1) is 8.54. The number of rotatable bonds is 7. The Hall–Kier alpha value is -1.36. The molecule has 0 saturated heterocycles. The van der Waals surface area contributed by atoms with E-state index in [1.54, 1.807) is 0 Å². The number of aliphatic carboxylic acids is 1. The highest BCUT2D eigenvalue weighted by molar-refractivity contribution is 5.69. The molecular formula is C13H21N3O2. The molecule has 0 bridgehead atoms. The van der Waals surface area contributed by atoms with E-state index in [4.69, 9.17) is 5.11 Å². The van der Waals surface area contributed by atoms with Gasteiger partial charge in [0.15, 0.2) is 0 Å². The Balaban J connectivity index is 1.94. The average molecular weight is 251 g/mol. The molecule has 0 aromatic carbocycles. The zero-order valence-electron chi connectivity index (χ0n) is 11.0. The maximum absolute atomic E-state index is 10.8. The summed E-state index contributed by atoms with van der Waals surface area (Å²) < 4.78 is 0. The van der Waals surface area contributed by atoms with Gasteiger partial charge >= 0.3 is 5.97 Å². The van der Waals surface area contributed by atoms with Crippen LogP contribution in [0.2, 0.25) is 0 Å². The van der Waals surface area contributed by atoms with Gasteiger partial charge in [-0.15, -0.1) is 0 Å². The zero-order chi connectivity index (χ0) is 13.1. The monoisotopic (exact) mass is 251 g/mol. The van der Waals surface area contributed by atoms with Crippen LogP contribution in [0, 0.1) is 5.92 Å². The zero-order valence-corrected chi connectivity index (χ0v) is 11.0. The van der Waals surface area contributed by atoms with Gasteiger partial charge in [0, 0.05) is 24.7 Å². The van der Waals surface area contributed by atoms with E-state index in [1.807, 2.05) is 4.90 Å². The van der Waals surface area contributed by atoms with Crippen molar-refractivity contribution in [3.05, 3.63) is 17.5 Å². The lowest BCUT2D eigenvalue weighted by Gasteiger charge is -2.21. The van der Waals surface area contributed by atoms with Crippen LogP contribution in [-0.4, -0.2) is 39.3 Å². The molecule has 0 amide bonds. The molecule has 1 aromatic rings. The lowest BCUT2D eigenvalue weighted by molar-refractivity contribution is -0.138. The van der Waals surface area contributed by atoms with Crippen molar-refractivity contribution in [2.45, 2.75) is 39.2 Å². The Morgan fingerprint density at radius 3 is 2.89 bits per heavy atom. The lowest BCUT2D eigenvalue weighted by atomic mass is 10.2. The Labute approximate surface area is 107 Å². The molecule has 0 radical (unpaired) electrons. The van der Waals surface area contributed by atoms with E-state index in [0.717, 1.165) is 17.9 Å². The van der Waals surface area contributed by atoms with Crippen molar-refractivity contribution in [2.24, 2.45) is 5.92 Å². The van der Waals surface area contributed by atoms with Gasteiger partial charge in [-0.25, -0.2) is 0 Å². The highest BCUT2D eigenvalue weighted by Crippen LogP contribution is 2.39. The molecular weight excluding hydrogens is 230 g/mol.